The molecule has 1 saturated carbocycles. The zero-order valence-corrected chi connectivity index (χ0v) is 37.8. The maximum absolute atomic E-state index is 14.2. The number of piperidine rings is 1. The molecule has 8 rings (SSSR count). The summed E-state index contributed by atoms with van der Waals surface area (Å²) in [5, 5.41) is 5.94. The van der Waals surface area contributed by atoms with Gasteiger partial charge in [0.05, 0.1) is 6.04 Å². The van der Waals surface area contributed by atoms with Gasteiger partial charge in [0, 0.05) is 74.9 Å². The molecule has 16 heteroatoms. The summed E-state index contributed by atoms with van der Waals surface area (Å²) in [4.78, 5) is 112. The van der Waals surface area contributed by atoms with Crippen LogP contribution in [0.3, 0.4) is 0 Å². The highest BCUT2D eigenvalue weighted by Crippen LogP contribution is 2.58. The second-order valence-corrected chi connectivity index (χ2v) is 18.5. The summed E-state index contributed by atoms with van der Waals surface area (Å²) in [5.74, 6) is 3.44. The van der Waals surface area contributed by atoms with Gasteiger partial charge in [-0.15, -0.1) is 0 Å². The fraction of sp³-hybridized carbons (Fsp3) is 0.451. The molecule has 2 unspecified atom stereocenters. The van der Waals surface area contributed by atoms with Crippen LogP contribution in [0.1, 0.15) is 116 Å². The molecule has 0 aromatic heterocycles. The summed E-state index contributed by atoms with van der Waals surface area (Å²) >= 11 is 0. The van der Waals surface area contributed by atoms with Crippen molar-refractivity contribution in [1.29, 1.82) is 0 Å². The molecule has 4 heterocycles. The van der Waals surface area contributed by atoms with E-state index in [1.807, 2.05) is 66.7 Å². The molecule has 0 radical (unpaired) electrons. The molecular formula is C51H58N8O8. The van der Waals surface area contributed by atoms with Crippen LogP contribution in [0.4, 0.5) is 0 Å². The fourth-order valence-corrected chi connectivity index (χ4v) is 10.4. The van der Waals surface area contributed by atoms with Gasteiger partial charge in [-0.25, -0.2) is 0 Å². The summed E-state index contributed by atoms with van der Waals surface area (Å²) in [6.45, 7) is 0.703. The minimum absolute atomic E-state index is 0.0234. The van der Waals surface area contributed by atoms with Crippen molar-refractivity contribution in [2.24, 2.45) is 17.4 Å². The first-order valence-electron chi connectivity index (χ1n) is 23.3. The van der Waals surface area contributed by atoms with Crippen molar-refractivity contribution in [2.45, 2.75) is 119 Å². The number of benzene rings is 3. The Hall–Kier alpha value is -6.86. The van der Waals surface area contributed by atoms with E-state index in [0.29, 0.717) is 50.6 Å². The van der Waals surface area contributed by atoms with Crippen LogP contribution >= 0.6 is 0 Å². The number of carbonyl (C=O) groups excluding carboxylic acids is 8. The van der Waals surface area contributed by atoms with E-state index in [4.69, 9.17) is 11.5 Å². The average molecular weight is 911 g/mol. The number of likely N-dealkylation sites (tertiary alicyclic amines) is 1. The van der Waals surface area contributed by atoms with Crippen LogP contribution in [-0.2, 0) is 40.1 Å². The lowest BCUT2D eigenvalue weighted by molar-refractivity contribution is -0.150. The third-order valence-electron chi connectivity index (χ3n) is 14.2. The van der Waals surface area contributed by atoms with Crippen molar-refractivity contribution in [3.8, 4) is 11.8 Å². The summed E-state index contributed by atoms with van der Waals surface area (Å²) in [6, 6.07) is 20.0. The minimum Gasteiger partial charge on any atom is -0.370 e. The Morgan fingerprint density at radius 1 is 0.836 bits per heavy atom. The number of fused-ring (bicyclic) bond motifs is 1. The Kier molecular flexibility index (Phi) is 13.9. The Bertz CT molecular complexity index is 2470. The first-order valence-corrected chi connectivity index (χ1v) is 23.3. The lowest BCUT2D eigenvalue weighted by atomic mass is 9.98. The number of likely N-dealkylation sites (N-methyl/N-ethyl adjacent to an activating group) is 1. The SMILES string of the molecule is CN1C(=O)CCC(N2Cc3c(C#CCCCCCC(=O)N4CC5C[C@@]56CC[C@@H](C(=O)N[C@@H](CCC(N)=O)C(=O)NC(c5ccccc5)c5ccccc5)N6C(=O)[C@@H](N)C4)cccc3C2=O)C1=O. The largest absolute Gasteiger partial charge is 0.370 e. The molecule has 3 aromatic carbocycles. The smallest absolute Gasteiger partial charge is 0.255 e. The van der Waals surface area contributed by atoms with E-state index >= 15 is 0 Å². The van der Waals surface area contributed by atoms with Gasteiger partial charge in [0.25, 0.3) is 11.8 Å². The number of hydrogen-bond donors (Lipinski definition) is 4. The van der Waals surface area contributed by atoms with Crippen molar-refractivity contribution in [1.82, 2.24) is 30.2 Å². The molecule has 5 aliphatic rings. The molecule has 1 aliphatic carbocycles. The Labute approximate surface area is 390 Å². The molecule has 1 spiro atoms. The molecule has 6 atom stereocenters. The van der Waals surface area contributed by atoms with E-state index in [1.165, 1.54) is 7.05 Å². The van der Waals surface area contributed by atoms with Gasteiger partial charge >= 0.3 is 0 Å². The molecule has 0 bridgehead atoms. The molecule has 8 amide bonds. The number of imide groups is 1. The zero-order chi connectivity index (χ0) is 47.4. The van der Waals surface area contributed by atoms with E-state index in [-0.39, 0.29) is 68.3 Å². The van der Waals surface area contributed by atoms with Crippen LogP contribution in [0.2, 0.25) is 0 Å². The zero-order valence-electron chi connectivity index (χ0n) is 37.8. The number of hydrogen-bond acceptors (Lipinski definition) is 9. The summed E-state index contributed by atoms with van der Waals surface area (Å²) < 4.78 is 0. The van der Waals surface area contributed by atoms with E-state index in [0.717, 1.165) is 40.0 Å². The van der Waals surface area contributed by atoms with Gasteiger partial charge in [-0.3, -0.25) is 43.3 Å². The predicted molar refractivity (Wildman–Crippen MR) is 246 cm³/mol. The molecule has 16 nitrogen and oxygen atoms in total. The van der Waals surface area contributed by atoms with Crippen LogP contribution in [0.15, 0.2) is 78.9 Å². The molecular weight excluding hydrogens is 853 g/mol. The molecule has 6 N–H and O–H groups in total. The highest BCUT2D eigenvalue weighted by atomic mass is 16.2. The highest BCUT2D eigenvalue weighted by molar-refractivity contribution is 6.05. The van der Waals surface area contributed by atoms with E-state index < -0.39 is 59.4 Å². The maximum Gasteiger partial charge on any atom is 0.255 e. The number of nitrogens with two attached hydrogens (primary N) is 2. The van der Waals surface area contributed by atoms with Gasteiger partial charge in [-0.2, -0.15) is 0 Å². The Balaban J connectivity index is 0.833. The first kappa shape index (κ1) is 46.7. The number of nitrogens with one attached hydrogen (secondary N) is 2. The topological polar surface area (TPSA) is 226 Å². The quantitative estimate of drug-likeness (QED) is 0.0998. The second-order valence-electron chi connectivity index (χ2n) is 18.5. The summed E-state index contributed by atoms with van der Waals surface area (Å²) in [7, 11) is 1.45. The summed E-state index contributed by atoms with van der Waals surface area (Å²) in [5.41, 5.74) is 15.1. The van der Waals surface area contributed by atoms with E-state index in [9.17, 15) is 38.4 Å². The first-order chi connectivity index (χ1) is 32.3. The molecule has 4 aliphatic heterocycles. The third-order valence-corrected chi connectivity index (χ3v) is 14.2. The normalized spacial score (nSPS) is 23.6. The average Bonchev–Trinajstić information content (AvgIpc) is 3.69. The van der Waals surface area contributed by atoms with Gasteiger partial charge in [0.1, 0.15) is 24.2 Å². The molecule has 350 valence electrons. The van der Waals surface area contributed by atoms with Crippen LogP contribution in [0, 0.1) is 17.8 Å². The fourth-order valence-electron chi connectivity index (χ4n) is 10.4. The van der Waals surface area contributed by atoms with Crippen molar-refractivity contribution in [3.63, 3.8) is 0 Å². The van der Waals surface area contributed by atoms with Crippen molar-refractivity contribution in [3.05, 3.63) is 107 Å². The van der Waals surface area contributed by atoms with Gasteiger partial charge in [-0.1, -0.05) is 85.0 Å². The Morgan fingerprint density at radius 2 is 1.55 bits per heavy atom. The minimum atomic E-state index is -1.11. The van der Waals surface area contributed by atoms with Crippen LogP contribution in [0.25, 0.3) is 0 Å². The van der Waals surface area contributed by atoms with E-state index in [2.05, 4.69) is 22.5 Å². The molecule has 67 heavy (non-hydrogen) atoms. The van der Waals surface area contributed by atoms with Crippen LogP contribution < -0.4 is 22.1 Å². The lowest BCUT2D eigenvalue weighted by Crippen LogP contribution is -2.61. The predicted octanol–water partition coefficient (Wildman–Crippen LogP) is 2.67. The Morgan fingerprint density at radius 3 is 2.25 bits per heavy atom. The number of amides is 8. The molecule has 3 aromatic rings. The van der Waals surface area contributed by atoms with E-state index in [1.54, 1.807) is 26.8 Å². The second kappa shape index (κ2) is 19.9. The number of carbonyl (C=O) groups is 8. The number of nitrogens with zero attached hydrogens (tertiary/aromatic N) is 4. The maximum atomic E-state index is 14.2. The molecule has 4 fully saturated rings. The summed E-state index contributed by atoms with van der Waals surface area (Å²) in [6.07, 6.45) is 4.90. The lowest BCUT2D eigenvalue weighted by Gasteiger charge is -2.38. The number of primary amides is 1. The van der Waals surface area contributed by atoms with Gasteiger partial charge in [-0.05, 0) is 73.8 Å². The monoisotopic (exact) mass is 910 g/mol. The highest BCUT2D eigenvalue weighted by Gasteiger charge is 2.66. The number of unbranched alkanes of at least 4 members (excludes halogenated alkanes) is 3. The van der Waals surface area contributed by atoms with Gasteiger partial charge in [0.2, 0.25) is 35.4 Å². The van der Waals surface area contributed by atoms with Crippen molar-refractivity contribution < 1.29 is 38.4 Å². The number of rotatable bonds is 15. The van der Waals surface area contributed by atoms with Crippen LogP contribution in [0.5, 0.6) is 0 Å². The molecule has 3 saturated heterocycles. The third kappa shape index (κ3) is 9.83. The van der Waals surface area contributed by atoms with Gasteiger partial charge in [0.15, 0.2) is 0 Å². The standard InChI is InChI=1S/C51H58N8O8/c1-56-43(61)25-23-41(50(56)67)58-30-37-32(19-13-20-36(37)48(58)65)14-7-3-2-4-12-21-44(62)57-29-35-28-51(35)27-26-40(59(51)49(66)38(52)31-57)47(64)54-39(22-24-42(53)60)46(63)55-45(33-15-8-5-9-16-33)34-17-10-6-11-18-34/h5-6,8-11,13,15-20,35,38-41,45H,2-4,12,21-31,52H2,1H3,(H2,53,60)(H,54,64)(H,55,63)/t35?,38-,39-,40-,41?,51-/m0/s1. The van der Waals surface area contributed by atoms with Crippen molar-refractivity contribution >= 4 is 47.3 Å². The van der Waals surface area contributed by atoms with Crippen LogP contribution in [-0.4, -0.2) is 117 Å². The van der Waals surface area contributed by atoms with Gasteiger partial charge < -0.3 is 36.8 Å². The van der Waals surface area contributed by atoms with Crippen molar-refractivity contribution in [2.75, 3.05) is 20.1 Å².